The number of nitrogens with one attached hydrogen (secondary N) is 2. The zero-order chi connectivity index (χ0) is 27.7. The van der Waals surface area contributed by atoms with Crippen LogP contribution in [0.25, 0.3) is 0 Å². The SMILES string of the molecule is CC(C)(CCCN(CCC(C)(C)NC(=O)OC(C)(C)C)C(=O)CCC(=O)O)NC(=O)OC(C)(C)C. The Morgan fingerprint density at radius 2 is 1.11 bits per heavy atom. The summed E-state index contributed by atoms with van der Waals surface area (Å²) in [5, 5.41) is 14.6. The van der Waals surface area contributed by atoms with E-state index in [0.717, 1.165) is 0 Å². The summed E-state index contributed by atoms with van der Waals surface area (Å²) >= 11 is 0. The number of nitrogens with zero attached hydrogens (tertiary/aromatic N) is 1. The Morgan fingerprint density at radius 1 is 0.686 bits per heavy atom. The fourth-order valence-corrected chi connectivity index (χ4v) is 3.14. The predicted octanol–water partition coefficient (Wildman–Crippen LogP) is 4.46. The second-order valence-corrected chi connectivity index (χ2v) is 12.1. The molecule has 0 fully saturated rings. The van der Waals surface area contributed by atoms with Crippen LogP contribution in [0.5, 0.6) is 0 Å². The van der Waals surface area contributed by atoms with Crippen molar-refractivity contribution in [1.29, 1.82) is 0 Å². The van der Waals surface area contributed by atoms with Crippen molar-refractivity contribution in [2.24, 2.45) is 0 Å². The number of carboxylic acid groups (broad SMARTS) is 1. The molecule has 0 unspecified atom stereocenters. The summed E-state index contributed by atoms with van der Waals surface area (Å²) < 4.78 is 10.6. The number of hydrogen-bond acceptors (Lipinski definition) is 6. The lowest BCUT2D eigenvalue weighted by atomic mass is 9.97. The number of hydrogen-bond donors (Lipinski definition) is 3. The van der Waals surface area contributed by atoms with Crippen LogP contribution in [0.3, 0.4) is 0 Å². The Morgan fingerprint density at radius 3 is 1.51 bits per heavy atom. The maximum atomic E-state index is 12.7. The number of amides is 3. The van der Waals surface area contributed by atoms with Gasteiger partial charge in [0.25, 0.3) is 0 Å². The van der Waals surface area contributed by atoms with Crippen LogP contribution in [0.4, 0.5) is 9.59 Å². The lowest BCUT2D eigenvalue weighted by molar-refractivity contribution is -0.141. The number of carbonyl (C=O) groups excluding carboxylic acids is 3. The van der Waals surface area contributed by atoms with Crippen LogP contribution in [0.1, 0.15) is 101 Å². The van der Waals surface area contributed by atoms with Crippen LogP contribution in [-0.4, -0.2) is 69.4 Å². The van der Waals surface area contributed by atoms with Crippen LogP contribution in [0.15, 0.2) is 0 Å². The van der Waals surface area contributed by atoms with Gasteiger partial charge in [-0.25, -0.2) is 9.59 Å². The first-order valence-corrected chi connectivity index (χ1v) is 12.1. The van der Waals surface area contributed by atoms with Gasteiger partial charge >= 0.3 is 18.2 Å². The van der Waals surface area contributed by atoms with E-state index in [1.807, 2.05) is 27.7 Å². The maximum absolute atomic E-state index is 12.7. The third kappa shape index (κ3) is 17.6. The van der Waals surface area contributed by atoms with Gasteiger partial charge in [-0.3, -0.25) is 9.59 Å². The number of ether oxygens (including phenoxy) is 2. The molecule has 0 rings (SSSR count). The van der Waals surface area contributed by atoms with Crippen LogP contribution in [-0.2, 0) is 19.1 Å². The molecular formula is C25H47N3O7. The second kappa shape index (κ2) is 13.0. The van der Waals surface area contributed by atoms with Gasteiger partial charge in [-0.1, -0.05) is 0 Å². The zero-order valence-corrected chi connectivity index (χ0v) is 23.3. The molecule has 0 saturated carbocycles. The molecule has 0 radical (unpaired) electrons. The van der Waals surface area contributed by atoms with Gasteiger partial charge in [-0.2, -0.15) is 0 Å². The molecule has 0 aromatic heterocycles. The van der Waals surface area contributed by atoms with E-state index in [9.17, 15) is 19.2 Å². The molecule has 3 N–H and O–H groups in total. The minimum atomic E-state index is -1.03. The number of alkyl carbamates (subject to hydrolysis) is 2. The van der Waals surface area contributed by atoms with Crippen molar-refractivity contribution in [3.05, 3.63) is 0 Å². The lowest BCUT2D eigenvalue weighted by Gasteiger charge is -2.32. The van der Waals surface area contributed by atoms with Crippen LogP contribution >= 0.6 is 0 Å². The summed E-state index contributed by atoms with van der Waals surface area (Å²) in [7, 11) is 0. The molecule has 3 amide bonds. The second-order valence-electron chi connectivity index (χ2n) is 12.1. The molecule has 0 atom stereocenters. The monoisotopic (exact) mass is 501 g/mol. The third-order valence-corrected chi connectivity index (χ3v) is 4.82. The van der Waals surface area contributed by atoms with E-state index < -0.39 is 40.4 Å². The van der Waals surface area contributed by atoms with Gasteiger partial charge in [0.2, 0.25) is 5.91 Å². The molecule has 10 nitrogen and oxygen atoms in total. The Bertz CT molecular complexity index is 734. The van der Waals surface area contributed by atoms with Crippen molar-refractivity contribution in [3.8, 4) is 0 Å². The number of rotatable bonds is 12. The van der Waals surface area contributed by atoms with Gasteiger partial charge < -0.3 is 30.1 Å². The average Bonchev–Trinajstić information content (AvgIpc) is 2.57. The Labute approximate surface area is 210 Å². The van der Waals surface area contributed by atoms with Crippen molar-refractivity contribution < 1.29 is 33.8 Å². The molecule has 0 spiro atoms. The van der Waals surface area contributed by atoms with Crippen molar-refractivity contribution >= 4 is 24.1 Å². The minimum Gasteiger partial charge on any atom is -0.481 e. The molecule has 10 heteroatoms. The molecule has 0 bridgehead atoms. The normalized spacial score (nSPS) is 12.5. The highest BCUT2D eigenvalue weighted by molar-refractivity contribution is 5.80. The molecule has 0 heterocycles. The molecular weight excluding hydrogens is 454 g/mol. The van der Waals surface area contributed by atoms with Gasteiger partial charge in [0.1, 0.15) is 11.2 Å². The van der Waals surface area contributed by atoms with E-state index in [1.54, 1.807) is 46.4 Å². The molecule has 0 saturated heterocycles. The molecule has 204 valence electrons. The van der Waals surface area contributed by atoms with Crippen molar-refractivity contribution in [2.45, 2.75) is 124 Å². The van der Waals surface area contributed by atoms with Crippen LogP contribution < -0.4 is 10.6 Å². The predicted molar refractivity (Wildman–Crippen MR) is 134 cm³/mol. The molecule has 0 aliphatic carbocycles. The first-order valence-electron chi connectivity index (χ1n) is 12.1. The van der Waals surface area contributed by atoms with Crippen molar-refractivity contribution in [2.75, 3.05) is 13.1 Å². The van der Waals surface area contributed by atoms with E-state index in [1.165, 1.54) is 0 Å². The van der Waals surface area contributed by atoms with Crippen LogP contribution in [0.2, 0.25) is 0 Å². The standard InChI is InChI=1S/C25H47N3O7/c1-22(2,3)34-20(32)26-24(7,8)14-11-16-28(18(29)12-13-19(30)31)17-15-25(9,10)27-21(33)35-23(4,5)6/h11-17H2,1-10H3,(H,26,32)(H,27,33)(H,30,31). The van der Waals surface area contributed by atoms with Gasteiger partial charge in [0, 0.05) is 30.6 Å². The Balaban J connectivity index is 5.05. The van der Waals surface area contributed by atoms with E-state index in [4.69, 9.17) is 14.6 Å². The number of carboxylic acids is 1. The highest BCUT2D eigenvalue weighted by Gasteiger charge is 2.28. The summed E-state index contributed by atoms with van der Waals surface area (Å²) in [5.74, 6) is -1.30. The first kappa shape index (κ1) is 32.5. The summed E-state index contributed by atoms with van der Waals surface area (Å²) in [6.45, 7) is 18.9. The molecule has 0 aromatic rings. The summed E-state index contributed by atoms with van der Waals surface area (Å²) in [6, 6.07) is 0. The molecule has 0 aliphatic rings. The zero-order valence-electron chi connectivity index (χ0n) is 23.3. The topological polar surface area (TPSA) is 134 Å². The highest BCUT2D eigenvalue weighted by atomic mass is 16.6. The highest BCUT2D eigenvalue weighted by Crippen LogP contribution is 2.17. The maximum Gasteiger partial charge on any atom is 0.408 e. The largest absolute Gasteiger partial charge is 0.481 e. The average molecular weight is 502 g/mol. The quantitative estimate of drug-likeness (QED) is 0.359. The van der Waals surface area contributed by atoms with Gasteiger partial charge in [0.15, 0.2) is 0 Å². The Kier molecular flexibility index (Phi) is 12.0. The van der Waals surface area contributed by atoms with Crippen LogP contribution in [0, 0.1) is 0 Å². The van der Waals surface area contributed by atoms with Gasteiger partial charge in [-0.15, -0.1) is 0 Å². The minimum absolute atomic E-state index is 0.102. The summed E-state index contributed by atoms with van der Waals surface area (Å²) in [6.07, 6.45) is 0.212. The molecule has 35 heavy (non-hydrogen) atoms. The van der Waals surface area contributed by atoms with Gasteiger partial charge in [0.05, 0.1) is 6.42 Å². The summed E-state index contributed by atoms with van der Waals surface area (Å²) in [4.78, 5) is 49.6. The molecule has 0 aliphatic heterocycles. The van der Waals surface area contributed by atoms with E-state index >= 15 is 0 Å². The van der Waals surface area contributed by atoms with E-state index in [-0.39, 0.29) is 18.7 Å². The Hall–Kier alpha value is -2.52. The van der Waals surface area contributed by atoms with Crippen molar-refractivity contribution in [1.82, 2.24) is 15.5 Å². The fourth-order valence-electron chi connectivity index (χ4n) is 3.14. The van der Waals surface area contributed by atoms with Crippen molar-refractivity contribution in [3.63, 3.8) is 0 Å². The fraction of sp³-hybridized carbons (Fsp3) is 0.840. The van der Waals surface area contributed by atoms with Gasteiger partial charge in [-0.05, 0) is 88.5 Å². The smallest absolute Gasteiger partial charge is 0.408 e. The first-order chi connectivity index (χ1) is 15.6. The third-order valence-electron chi connectivity index (χ3n) is 4.82. The van der Waals surface area contributed by atoms with E-state index in [0.29, 0.717) is 32.4 Å². The number of carbonyl (C=O) groups is 4. The molecule has 0 aromatic carbocycles. The van der Waals surface area contributed by atoms with E-state index in [2.05, 4.69) is 10.6 Å². The number of aliphatic carboxylic acids is 1. The summed E-state index contributed by atoms with van der Waals surface area (Å²) in [5.41, 5.74) is -2.44. The lowest BCUT2D eigenvalue weighted by Crippen LogP contribution is -2.48.